The van der Waals surface area contributed by atoms with E-state index in [2.05, 4.69) is 21.3 Å². The molecule has 0 aliphatic carbocycles. The molecule has 0 unspecified atom stereocenters. The molecule has 0 radical (unpaired) electrons. The number of pyridine rings is 1. The Balaban J connectivity index is 1.23. The summed E-state index contributed by atoms with van der Waals surface area (Å²) in [5.41, 5.74) is 4.23. The van der Waals surface area contributed by atoms with Gasteiger partial charge in [-0.3, -0.25) is 9.59 Å². The summed E-state index contributed by atoms with van der Waals surface area (Å²) < 4.78 is 0. The Morgan fingerprint density at radius 1 is 0.946 bits per heavy atom. The van der Waals surface area contributed by atoms with Gasteiger partial charge < -0.3 is 15.1 Å². The van der Waals surface area contributed by atoms with E-state index in [0.29, 0.717) is 46.9 Å². The highest BCUT2D eigenvalue weighted by Crippen LogP contribution is 2.29. The van der Waals surface area contributed by atoms with Crippen LogP contribution in [-0.4, -0.2) is 47.9 Å². The van der Waals surface area contributed by atoms with E-state index < -0.39 is 0 Å². The average Bonchev–Trinajstić information content (AvgIpc) is 3.48. The van der Waals surface area contributed by atoms with Gasteiger partial charge in [0.05, 0.1) is 23.5 Å². The van der Waals surface area contributed by atoms with Crippen LogP contribution in [0.4, 0.5) is 11.5 Å². The molecule has 2 fully saturated rings. The normalized spacial score (nSPS) is 15.9. The van der Waals surface area contributed by atoms with Crippen molar-refractivity contribution in [2.75, 3.05) is 36.4 Å². The van der Waals surface area contributed by atoms with Crippen molar-refractivity contribution >= 4 is 23.3 Å². The number of carbonyl (C=O) groups excluding carboxylic acids is 2. The molecular weight excluding hydrogens is 462 g/mol. The van der Waals surface area contributed by atoms with Gasteiger partial charge in [0.25, 0.3) is 11.8 Å². The monoisotopic (exact) mass is 493 g/mol. The first-order valence-electron chi connectivity index (χ1n) is 12.9. The number of nitriles is 1. The molecule has 0 bridgehead atoms. The Morgan fingerprint density at radius 2 is 1.65 bits per heavy atom. The molecule has 0 atom stereocenters. The molecule has 5 rings (SSSR count). The van der Waals surface area contributed by atoms with Gasteiger partial charge in [-0.05, 0) is 86.1 Å². The van der Waals surface area contributed by atoms with Gasteiger partial charge in [0.2, 0.25) is 0 Å². The zero-order chi connectivity index (χ0) is 25.8. The molecule has 7 nitrogen and oxygen atoms in total. The highest BCUT2D eigenvalue weighted by Gasteiger charge is 2.26. The predicted octanol–water partition coefficient (Wildman–Crippen LogP) is 5.13. The fourth-order valence-electron chi connectivity index (χ4n) is 5.32. The number of rotatable bonds is 5. The molecule has 2 saturated heterocycles. The molecule has 2 aliphatic heterocycles. The lowest BCUT2D eigenvalue weighted by Gasteiger charge is -2.32. The van der Waals surface area contributed by atoms with Crippen molar-refractivity contribution in [2.45, 2.75) is 38.5 Å². The fraction of sp³-hybridized carbons (Fsp3) is 0.333. The van der Waals surface area contributed by atoms with E-state index >= 15 is 0 Å². The van der Waals surface area contributed by atoms with Crippen molar-refractivity contribution in [2.24, 2.45) is 0 Å². The molecule has 3 aromatic rings. The Labute approximate surface area is 217 Å². The summed E-state index contributed by atoms with van der Waals surface area (Å²) in [6.07, 6.45) is 5.80. The summed E-state index contributed by atoms with van der Waals surface area (Å²) in [6.45, 7) is 5.20. The van der Waals surface area contributed by atoms with Gasteiger partial charge in [-0.1, -0.05) is 18.2 Å². The quantitative estimate of drug-likeness (QED) is 0.532. The molecule has 0 spiro atoms. The van der Waals surface area contributed by atoms with Crippen molar-refractivity contribution in [1.29, 1.82) is 5.26 Å². The number of nitrogens with zero attached hydrogens (tertiary/aromatic N) is 4. The maximum Gasteiger partial charge on any atom is 0.255 e. The Morgan fingerprint density at radius 3 is 2.30 bits per heavy atom. The van der Waals surface area contributed by atoms with Gasteiger partial charge in [-0.15, -0.1) is 0 Å². The Hall–Kier alpha value is -4.18. The smallest absolute Gasteiger partial charge is 0.255 e. The molecule has 37 heavy (non-hydrogen) atoms. The average molecular weight is 494 g/mol. The fourth-order valence-corrected chi connectivity index (χ4v) is 5.32. The van der Waals surface area contributed by atoms with Crippen LogP contribution in [0, 0.1) is 18.3 Å². The van der Waals surface area contributed by atoms with Crippen LogP contribution in [0.25, 0.3) is 0 Å². The second-order valence-electron chi connectivity index (χ2n) is 9.83. The first kappa shape index (κ1) is 24.5. The lowest BCUT2D eigenvalue weighted by Crippen LogP contribution is -2.38. The highest BCUT2D eigenvalue weighted by atomic mass is 16.2. The number of aromatic nitrogens is 1. The number of likely N-dealkylation sites (tertiary alicyclic amines) is 1. The van der Waals surface area contributed by atoms with Gasteiger partial charge in [0.15, 0.2) is 0 Å². The standard InChI is InChI=1S/C30H31N5O2/c1-21-26(29(36)33-25-11-12-28(32-20-25)34-15-2-3-16-34)5-4-6-27(21)30(37)35-17-13-24(14-18-35)23-9-7-22(19-31)8-10-23/h4-12,20,24H,2-3,13-18H2,1H3,(H,33,36). The minimum Gasteiger partial charge on any atom is -0.357 e. The van der Waals surface area contributed by atoms with Crippen LogP contribution in [0.5, 0.6) is 0 Å². The van der Waals surface area contributed by atoms with Gasteiger partial charge in [0, 0.05) is 37.3 Å². The zero-order valence-electron chi connectivity index (χ0n) is 21.1. The highest BCUT2D eigenvalue weighted by molar-refractivity contribution is 6.07. The largest absolute Gasteiger partial charge is 0.357 e. The van der Waals surface area contributed by atoms with Crippen molar-refractivity contribution in [3.63, 3.8) is 0 Å². The minimum absolute atomic E-state index is 0.0398. The van der Waals surface area contributed by atoms with Gasteiger partial charge >= 0.3 is 0 Å². The van der Waals surface area contributed by atoms with Crippen LogP contribution in [0.2, 0.25) is 0 Å². The van der Waals surface area contributed by atoms with E-state index in [1.165, 1.54) is 18.4 Å². The summed E-state index contributed by atoms with van der Waals surface area (Å²) in [6, 6.07) is 19.0. The zero-order valence-corrected chi connectivity index (χ0v) is 21.1. The number of piperidine rings is 1. The van der Waals surface area contributed by atoms with Crippen LogP contribution in [0.15, 0.2) is 60.8 Å². The third kappa shape index (κ3) is 5.34. The first-order valence-corrected chi connectivity index (χ1v) is 12.9. The third-order valence-electron chi connectivity index (χ3n) is 7.54. The topological polar surface area (TPSA) is 89.3 Å². The van der Waals surface area contributed by atoms with Gasteiger partial charge in [-0.2, -0.15) is 5.26 Å². The van der Waals surface area contributed by atoms with Crippen molar-refractivity contribution in [3.8, 4) is 6.07 Å². The van der Waals surface area contributed by atoms with Crippen LogP contribution in [-0.2, 0) is 0 Å². The lowest BCUT2D eigenvalue weighted by molar-refractivity contribution is 0.0712. The molecule has 2 aromatic carbocycles. The summed E-state index contributed by atoms with van der Waals surface area (Å²) in [4.78, 5) is 35.1. The number of amides is 2. The Kier molecular flexibility index (Phi) is 7.18. The first-order chi connectivity index (χ1) is 18.0. The number of hydrogen-bond acceptors (Lipinski definition) is 5. The maximum atomic E-state index is 13.4. The summed E-state index contributed by atoms with van der Waals surface area (Å²) in [5, 5.41) is 11.9. The summed E-state index contributed by atoms with van der Waals surface area (Å²) in [7, 11) is 0. The van der Waals surface area contributed by atoms with E-state index in [9.17, 15) is 9.59 Å². The molecule has 0 saturated carbocycles. The van der Waals surface area contributed by atoms with E-state index in [1.54, 1.807) is 24.4 Å². The molecule has 1 aromatic heterocycles. The second kappa shape index (κ2) is 10.8. The molecule has 2 amide bonds. The molecule has 3 heterocycles. The van der Waals surface area contributed by atoms with Crippen molar-refractivity contribution in [3.05, 3.63) is 88.6 Å². The van der Waals surface area contributed by atoms with E-state index in [0.717, 1.165) is 31.7 Å². The molecule has 7 heteroatoms. The third-order valence-corrected chi connectivity index (χ3v) is 7.54. The van der Waals surface area contributed by atoms with Crippen LogP contribution in [0.1, 0.15) is 69.0 Å². The molecular formula is C30H31N5O2. The van der Waals surface area contributed by atoms with E-state index in [-0.39, 0.29) is 11.8 Å². The molecule has 1 N–H and O–H groups in total. The summed E-state index contributed by atoms with van der Waals surface area (Å²) in [5.74, 6) is 1.02. The van der Waals surface area contributed by atoms with Crippen LogP contribution < -0.4 is 10.2 Å². The van der Waals surface area contributed by atoms with Gasteiger partial charge in [-0.25, -0.2) is 4.98 Å². The lowest BCUT2D eigenvalue weighted by atomic mass is 9.88. The molecule has 2 aliphatic rings. The second-order valence-corrected chi connectivity index (χ2v) is 9.83. The number of nitrogens with one attached hydrogen (secondary N) is 1. The van der Waals surface area contributed by atoms with Crippen LogP contribution in [0.3, 0.4) is 0 Å². The number of hydrogen-bond donors (Lipinski definition) is 1. The summed E-state index contributed by atoms with van der Waals surface area (Å²) >= 11 is 0. The van der Waals surface area contributed by atoms with Crippen LogP contribution >= 0.6 is 0 Å². The SMILES string of the molecule is Cc1c(C(=O)Nc2ccc(N3CCCC3)nc2)cccc1C(=O)N1CCC(c2ccc(C#N)cc2)CC1. The number of carbonyl (C=O) groups is 2. The van der Waals surface area contributed by atoms with Crippen molar-refractivity contribution in [1.82, 2.24) is 9.88 Å². The predicted molar refractivity (Wildman–Crippen MR) is 144 cm³/mol. The van der Waals surface area contributed by atoms with E-state index in [1.807, 2.05) is 48.2 Å². The molecule has 188 valence electrons. The minimum atomic E-state index is -0.248. The number of anilines is 2. The Bertz CT molecular complexity index is 1310. The number of benzene rings is 2. The van der Waals surface area contributed by atoms with Gasteiger partial charge in [0.1, 0.15) is 5.82 Å². The maximum absolute atomic E-state index is 13.4. The van der Waals surface area contributed by atoms with Crippen molar-refractivity contribution < 1.29 is 9.59 Å². The van der Waals surface area contributed by atoms with E-state index in [4.69, 9.17) is 5.26 Å².